The lowest BCUT2D eigenvalue weighted by Crippen LogP contribution is -2.32. The van der Waals surface area contributed by atoms with Gasteiger partial charge in [0.25, 0.3) is 0 Å². The lowest BCUT2D eigenvalue weighted by molar-refractivity contribution is -0.141. The molecule has 0 saturated carbocycles. The first-order valence-corrected chi connectivity index (χ1v) is 8.59. The molecule has 0 bridgehead atoms. The van der Waals surface area contributed by atoms with Crippen molar-refractivity contribution in [3.05, 3.63) is 52.9 Å². The number of hydrogen-bond donors (Lipinski definition) is 1. The van der Waals surface area contributed by atoms with Crippen LogP contribution in [-0.2, 0) is 11.0 Å². The van der Waals surface area contributed by atoms with Gasteiger partial charge in [-0.15, -0.1) is 0 Å². The number of alkyl halides is 3. The average Bonchev–Trinajstić information content (AvgIpc) is 3.03. The van der Waals surface area contributed by atoms with Crippen molar-refractivity contribution >= 4 is 28.4 Å². The molecule has 1 aromatic carbocycles. The Morgan fingerprint density at radius 1 is 1.28 bits per heavy atom. The van der Waals surface area contributed by atoms with Crippen LogP contribution in [0.1, 0.15) is 22.6 Å². The number of benzene rings is 1. The molecule has 6 nitrogen and oxygen atoms in total. The van der Waals surface area contributed by atoms with E-state index in [0.29, 0.717) is 11.3 Å². The fourth-order valence-electron chi connectivity index (χ4n) is 2.88. The van der Waals surface area contributed by atoms with Gasteiger partial charge >= 0.3 is 6.18 Å². The molecule has 9 heteroatoms. The monoisotopic (exact) mass is 402 g/mol. The Hall–Kier alpha value is -3.54. The number of anilines is 2. The maximum atomic E-state index is 13.0. The summed E-state index contributed by atoms with van der Waals surface area (Å²) < 4.78 is 44.5. The van der Waals surface area contributed by atoms with E-state index in [2.05, 4.69) is 10.3 Å². The predicted molar refractivity (Wildman–Crippen MR) is 102 cm³/mol. The number of nitrogens with one attached hydrogen (secondary N) is 1. The number of halogens is 3. The van der Waals surface area contributed by atoms with Crippen molar-refractivity contribution in [3.63, 3.8) is 0 Å². The summed E-state index contributed by atoms with van der Waals surface area (Å²) in [6, 6.07) is 9.68. The Kier molecular flexibility index (Phi) is 5.20. The van der Waals surface area contributed by atoms with Gasteiger partial charge in [0.2, 0.25) is 5.91 Å². The number of pyridine rings is 1. The van der Waals surface area contributed by atoms with Crippen LogP contribution in [0.2, 0.25) is 0 Å². The first kappa shape index (κ1) is 20.2. The molecule has 0 unspecified atom stereocenters. The lowest BCUT2D eigenvalue weighted by atomic mass is 10.1. The molecule has 0 fully saturated rings. The highest BCUT2D eigenvalue weighted by Crippen LogP contribution is 2.31. The number of amides is 1. The maximum Gasteiger partial charge on any atom is 0.433 e. The van der Waals surface area contributed by atoms with Gasteiger partial charge in [-0.05, 0) is 49.7 Å². The Morgan fingerprint density at radius 2 is 2.00 bits per heavy atom. The molecule has 0 radical (unpaired) electrons. The average molecular weight is 402 g/mol. The van der Waals surface area contributed by atoms with Gasteiger partial charge in [-0.3, -0.25) is 4.79 Å². The fourth-order valence-corrected chi connectivity index (χ4v) is 2.88. The number of likely N-dealkylation sites (N-methyl/N-ethyl adjacent to an activating group) is 1. The van der Waals surface area contributed by atoms with Crippen LogP contribution >= 0.6 is 0 Å². The normalized spacial score (nSPS) is 11.3. The number of furan rings is 1. The van der Waals surface area contributed by atoms with Gasteiger partial charge in [0, 0.05) is 18.1 Å². The first-order valence-electron chi connectivity index (χ1n) is 8.59. The van der Waals surface area contributed by atoms with Gasteiger partial charge in [0.05, 0.1) is 12.1 Å². The number of nitriles is 1. The second-order valence-electron chi connectivity index (χ2n) is 6.54. The van der Waals surface area contributed by atoms with Crippen LogP contribution in [0.3, 0.4) is 0 Å². The molecule has 0 atom stereocenters. The number of nitrogens with zero attached hydrogens (tertiary/aromatic N) is 3. The van der Waals surface area contributed by atoms with Gasteiger partial charge in [-0.2, -0.15) is 18.4 Å². The first-order chi connectivity index (χ1) is 13.6. The highest BCUT2D eigenvalue weighted by atomic mass is 19.4. The van der Waals surface area contributed by atoms with E-state index in [1.165, 1.54) is 11.8 Å². The van der Waals surface area contributed by atoms with Gasteiger partial charge < -0.3 is 14.6 Å². The highest BCUT2D eigenvalue weighted by Gasteiger charge is 2.34. The number of aromatic nitrogens is 1. The molecule has 3 rings (SSSR count). The molecular formula is C20H17F3N4O2. The Labute approximate surface area is 164 Å². The van der Waals surface area contributed by atoms with Crippen LogP contribution in [-0.4, -0.2) is 24.5 Å². The van der Waals surface area contributed by atoms with Crippen LogP contribution in [0.25, 0.3) is 11.0 Å². The number of hydrogen-bond acceptors (Lipinski definition) is 5. The van der Waals surface area contributed by atoms with Crippen molar-refractivity contribution in [1.82, 2.24) is 4.98 Å². The molecule has 1 amide bonds. The van der Waals surface area contributed by atoms with E-state index in [-0.39, 0.29) is 23.5 Å². The zero-order valence-corrected chi connectivity index (χ0v) is 15.9. The van der Waals surface area contributed by atoms with E-state index in [9.17, 15) is 23.2 Å². The van der Waals surface area contributed by atoms with Crippen LogP contribution in [0, 0.1) is 25.2 Å². The Bertz CT molecular complexity index is 1130. The molecule has 3 aromatic rings. The summed E-state index contributed by atoms with van der Waals surface area (Å²) in [5.74, 6) is 0.0515. The molecule has 0 saturated heterocycles. The minimum atomic E-state index is -4.66. The molecule has 2 heterocycles. The van der Waals surface area contributed by atoms with Crippen LogP contribution in [0.4, 0.5) is 24.7 Å². The summed E-state index contributed by atoms with van der Waals surface area (Å²) in [6.45, 7) is 2.87. The SMILES string of the molecule is Cc1cc2cc(N(C)C(=O)CNc3nc(C(F)(F)F)cc(C)c3C#N)ccc2o1. The summed E-state index contributed by atoms with van der Waals surface area (Å²) in [5, 5.41) is 12.6. The fraction of sp³-hybridized carbons (Fsp3) is 0.250. The second-order valence-corrected chi connectivity index (χ2v) is 6.54. The minimum Gasteiger partial charge on any atom is -0.461 e. The van der Waals surface area contributed by atoms with E-state index in [4.69, 9.17) is 4.42 Å². The van der Waals surface area contributed by atoms with E-state index in [1.807, 2.05) is 19.1 Å². The molecule has 0 aliphatic heterocycles. The number of carbonyl (C=O) groups is 1. The highest BCUT2D eigenvalue weighted by molar-refractivity contribution is 5.97. The smallest absolute Gasteiger partial charge is 0.433 e. The second kappa shape index (κ2) is 7.47. The zero-order valence-electron chi connectivity index (χ0n) is 15.9. The topological polar surface area (TPSA) is 82.2 Å². The van der Waals surface area contributed by atoms with Gasteiger partial charge in [0.1, 0.15) is 28.9 Å². The molecule has 29 heavy (non-hydrogen) atoms. The van der Waals surface area contributed by atoms with E-state index >= 15 is 0 Å². The molecule has 2 aromatic heterocycles. The third kappa shape index (κ3) is 4.16. The largest absolute Gasteiger partial charge is 0.461 e. The quantitative estimate of drug-likeness (QED) is 0.699. The summed E-state index contributed by atoms with van der Waals surface area (Å²) in [6.07, 6.45) is -4.66. The summed E-state index contributed by atoms with van der Waals surface area (Å²) >= 11 is 0. The molecule has 0 spiro atoms. The van der Waals surface area contributed by atoms with Gasteiger partial charge in [0.15, 0.2) is 0 Å². The van der Waals surface area contributed by atoms with E-state index in [0.717, 1.165) is 17.2 Å². The lowest BCUT2D eigenvalue weighted by Gasteiger charge is -2.19. The zero-order chi connectivity index (χ0) is 21.3. The Morgan fingerprint density at radius 3 is 2.66 bits per heavy atom. The third-order valence-electron chi connectivity index (χ3n) is 4.41. The Balaban J connectivity index is 1.80. The van der Waals surface area contributed by atoms with Crippen molar-refractivity contribution in [2.75, 3.05) is 23.8 Å². The molecule has 150 valence electrons. The summed E-state index contributed by atoms with van der Waals surface area (Å²) in [4.78, 5) is 17.4. The molecular weight excluding hydrogens is 385 g/mol. The summed E-state index contributed by atoms with van der Waals surface area (Å²) in [5.41, 5.74) is 0.243. The number of fused-ring (bicyclic) bond motifs is 1. The van der Waals surface area contributed by atoms with Crippen molar-refractivity contribution in [1.29, 1.82) is 5.26 Å². The van der Waals surface area contributed by atoms with E-state index in [1.54, 1.807) is 25.2 Å². The van der Waals surface area contributed by atoms with Crippen molar-refractivity contribution < 1.29 is 22.4 Å². The van der Waals surface area contributed by atoms with Crippen molar-refractivity contribution in [3.8, 4) is 6.07 Å². The predicted octanol–water partition coefficient (Wildman–Crippen LogP) is 4.41. The molecule has 0 aliphatic carbocycles. The third-order valence-corrected chi connectivity index (χ3v) is 4.41. The van der Waals surface area contributed by atoms with Crippen LogP contribution in [0.15, 0.2) is 34.7 Å². The van der Waals surface area contributed by atoms with E-state index < -0.39 is 17.8 Å². The van der Waals surface area contributed by atoms with Gasteiger partial charge in [-0.25, -0.2) is 4.98 Å². The molecule has 0 aliphatic rings. The standard InChI is InChI=1S/C20H17F3N4O2/c1-11-6-17(20(21,22)23)26-19(15(11)9-24)25-10-18(28)27(3)14-4-5-16-13(8-14)7-12(2)29-16/h4-8H,10H2,1-3H3,(H,25,26). The van der Waals surface area contributed by atoms with Crippen LogP contribution in [0.5, 0.6) is 0 Å². The van der Waals surface area contributed by atoms with Crippen molar-refractivity contribution in [2.45, 2.75) is 20.0 Å². The number of aryl methyl sites for hydroxylation is 2. The molecule has 1 N–H and O–H groups in total. The van der Waals surface area contributed by atoms with Gasteiger partial charge in [-0.1, -0.05) is 0 Å². The minimum absolute atomic E-state index is 0.0382. The van der Waals surface area contributed by atoms with Crippen molar-refractivity contribution in [2.24, 2.45) is 0 Å². The summed E-state index contributed by atoms with van der Waals surface area (Å²) in [7, 11) is 1.55. The number of rotatable bonds is 4. The number of carbonyl (C=O) groups excluding carboxylic acids is 1. The van der Waals surface area contributed by atoms with Crippen LogP contribution < -0.4 is 10.2 Å². The maximum absolute atomic E-state index is 13.0.